The Morgan fingerprint density at radius 2 is 1.97 bits per heavy atom. The first-order chi connectivity index (χ1) is 14.4. The van der Waals surface area contributed by atoms with Gasteiger partial charge in [0.15, 0.2) is 14.9 Å². The Balaban J connectivity index is 1.88. The topological polar surface area (TPSA) is 93.9 Å². The van der Waals surface area contributed by atoms with Crippen LogP contribution < -0.4 is 5.32 Å². The lowest BCUT2D eigenvalue weighted by molar-refractivity contribution is -0.0477. The van der Waals surface area contributed by atoms with Crippen LogP contribution in [0.5, 0.6) is 0 Å². The molecule has 0 aliphatic heterocycles. The molecule has 1 aliphatic carbocycles. The number of aromatic nitrogens is 3. The molecule has 1 N–H and O–H groups in total. The van der Waals surface area contributed by atoms with E-state index >= 15 is 0 Å². The Morgan fingerprint density at radius 1 is 1.32 bits per heavy atom. The molecule has 0 bridgehead atoms. The van der Waals surface area contributed by atoms with Crippen molar-refractivity contribution in [1.82, 2.24) is 14.8 Å². The van der Waals surface area contributed by atoms with Crippen LogP contribution in [-0.4, -0.2) is 41.3 Å². The van der Waals surface area contributed by atoms with Gasteiger partial charge in [-0.2, -0.15) is 5.10 Å². The highest BCUT2D eigenvalue weighted by atomic mass is 32.2. The number of halogens is 4. The maximum Gasteiger partial charge on any atom is 0.282 e. The van der Waals surface area contributed by atoms with Gasteiger partial charge < -0.3 is 5.32 Å². The van der Waals surface area contributed by atoms with Crippen molar-refractivity contribution in [3.63, 3.8) is 0 Å². The molecule has 7 nitrogen and oxygen atoms in total. The van der Waals surface area contributed by atoms with Gasteiger partial charge in [0.2, 0.25) is 5.92 Å². The van der Waals surface area contributed by atoms with Crippen LogP contribution >= 0.6 is 0 Å². The lowest BCUT2D eigenvalue weighted by atomic mass is 9.87. The van der Waals surface area contributed by atoms with Gasteiger partial charge in [0.05, 0.1) is 0 Å². The fourth-order valence-electron chi connectivity index (χ4n) is 3.60. The average Bonchev–Trinajstić information content (AvgIpc) is 2.99. The van der Waals surface area contributed by atoms with Gasteiger partial charge in [0.1, 0.15) is 11.4 Å². The number of pyridine rings is 1. The molecule has 12 heteroatoms. The van der Waals surface area contributed by atoms with Gasteiger partial charge in [-0.3, -0.25) is 9.48 Å². The van der Waals surface area contributed by atoms with Crippen LogP contribution in [0.2, 0.25) is 0 Å². The molecule has 0 saturated heterocycles. The molecule has 31 heavy (non-hydrogen) atoms. The Kier molecular flexibility index (Phi) is 6.40. The molecule has 2 aromatic rings. The number of carbonyl (C=O) groups is 1. The number of anilines is 1. The van der Waals surface area contributed by atoms with Gasteiger partial charge in [0.25, 0.3) is 12.3 Å². The van der Waals surface area contributed by atoms with Crippen molar-refractivity contribution in [2.24, 2.45) is 5.92 Å². The van der Waals surface area contributed by atoms with Crippen LogP contribution in [0.1, 0.15) is 53.9 Å². The van der Waals surface area contributed by atoms with Gasteiger partial charge >= 0.3 is 0 Å². The molecule has 0 unspecified atom stereocenters. The molecule has 0 spiro atoms. The second-order valence-corrected chi connectivity index (χ2v) is 9.71. The fourth-order valence-corrected chi connectivity index (χ4v) is 4.20. The first kappa shape index (κ1) is 23.2. The van der Waals surface area contributed by atoms with Crippen LogP contribution in [0.3, 0.4) is 0 Å². The molecule has 2 heterocycles. The van der Waals surface area contributed by atoms with Gasteiger partial charge in [-0.15, -0.1) is 0 Å². The molecule has 1 amide bonds. The van der Waals surface area contributed by atoms with E-state index in [1.54, 1.807) is 0 Å². The number of alkyl halides is 4. The van der Waals surface area contributed by atoms with Crippen molar-refractivity contribution in [3.8, 4) is 0 Å². The Morgan fingerprint density at radius 3 is 2.55 bits per heavy atom. The number of amides is 1. The van der Waals surface area contributed by atoms with Crippen molar-refractivity contribution in [2.45, 2.75) is 56.5 Å². The van der Waals surface area contributed by atoms with E-state index in [0.29, 0.717) is 0 Å². The summed E-state index contributed by atoms with van der Waals surface area (Å²) in [6.45, 7) is 1.39. The predicted octanol–water partition coefficient (Wildman–Crippen LogP) is 4.01. The Labute approximate surface area is 176 Å². The zero-order chi connectivity index (χ0) is 23.0. The molecular weight excluding hydrogens is 440 g/mol. The van der Waals surface area contributed by atoms with Crippen LogP contribution in [0.15, 0.2) is 23.4 Å². The zero-order valence-electron chi connectivity index (χ0n) is 16.9. The number of hydrogen-bond donors (Lipinski definition) is 1. The van der Waals surface area contributed by atoms with Crippen molar-refractivity contribution < 1.29 is 30.8 Å². The highest BCUT2D eigenvalue weighted by Gasteiger charge is 2.36. The Hall–Kier alpha value is -2.50. The summed E-state index contributed by atoms with van der Waals surface area (Å²) in [6.07, 6.45) is -0.968. The molecule has 1 aliphatic rings. The molecule has 2 aromatic heterocycles. The number of carbonyl (C=O) groups excluding carboxylic acids is 1. The van der Waals surface area contributed by atoms with Crippen molar-refractivity contribution >= 4 is 21.4 Å². The van der Waals surface area contributed by atoms with Crippen molar-refractivity contribution in [2.75, 3.05) is 11.6 Å². The van der Waals surface area contributed by atoms with E-state index < -0.39 is 33.8 Å². The van der Waals surface area contributed by atoms with Crippen LogP contribution in [0.25, 0.3) is 0 Å². The second kappa shape index (κ2) is 8.56. The maximum atomic E-state index is 13.4. The third-order valence-corrected chi connectivity index (χ3v) is 6.27. The lowest BCUT2D eigenvalue weighted by Gasteiger charge is -2.28. The molecule has 3 rings (SSSR count). The normalized spacial score (nSPS) is 17.1. The van der Waals surface area contributed by atoms with E-state index in [1.165, 1.54) is 19.2 Å². The highest BCUT2D eigenvalue weighted by Crippen LogP contribution is 2.37. The number of sulfone groups is 1. The highest BCUT2D eigenvalue weighted by molar-refractivity contribution is 7.90. The van der Waals surface area contributed by atoms with E-state index in [9.17, 15) is 30.8 Å². The van der Waals surface area contributed by atoms with Gasteiger partial charge in [-0.25, -0.2) is 31.0 Å². The number of nitrogens with zero attached hydrogens (tertiary/aromatic N) is 3. The summed E-state index contributed by atoms with van der Waals surface area (Å²) in [5.41, 5.74) is -0.585. The number of rotatable bonds is 6. The largest absolute Gasteiger partial charge is 0.321 e. The fraction of sp³-hybridized carbons (Fsp3) is 0.526. The van der Waals surface area contributed by atoms with E-state index in [-0.39, 0.29) is 60.1 Å². The van der Waals surface area contributed by atoms with Gasteiger partial charge in [0, 0.05) is 43.1 Å². The minimum Gasteiger partial charge on any atom is -0.321 e. The molecule has 1 fully saturated rings. The van der Waals surface area contributed by atoms with E-state index in [1.807, 2.05) is 0 Å². The Bertz CT molecular complexity index is 1080. The number of hydrogen-bond acceptors (Lipinski definition) is 5. The minimum absolute atomic E-state index is 0.0222. The summed E-state index contributed by atoms with van der Waals surface area (Å²) >= 11 is 0. The van der Waals surface area contributed by atoms with Crippen LogP contribution in [0.4, 0.5) is 23.2 Å². The smallest absolute Gasteiger partial charge is 0.282 e. The molecule has 0 atom stereocenters. The molecular formula is C19H22F4N4O3S. The summed E-state index contributed by atoms with van der Waals surface area (Å²) in [7, 11) is -3.62. The number of nitrogens with one attached hydrogen (secondary N) is 1. The monoisotopic (exact) mass is 462 g/mol. The first-order valence-electron chi connectivity index (χ1n) is 9.58. The second-order valence-electron chi connectivity index (χ2n) is 7.75. The van der Waals surface area contributed by atoms with Gasteiger partial charge in [-0.05, 0) is 37.8 Å². The van der Waals surface area contributed by atoms with Gasteiger partial charge in [-0.1, -0.05) is 0 Å². The third-order valence-electron chi connectivity index (χ3n) is 5.29. The zero-order valence-corrected chi connectivity index (χ0v) is 17.7. The standard InChI is InChI=1S/C19H22F4N4O3S/c1-11-15(17(20)21)26-27(10-12-3-6-19(22,23)7-4-12)16(11)18(28)25-13-5-8-24-14(9-13)31(2,29)30/h5,8-9,12,17H,3-4,6-7,10H2,1-2H3,(H,24,25,28). The van der Waals surface area contributed by atoms with Crippen molar-refractivity contribution in [3.05, 3.63) is 35.3 Å². The summed E-state index contributed by atoms with van der Waals surface area (Å²) in [5.74, 6) is -3.72. The average molecular weight is 462 g/mol. The van der Waals surface area contributed by atoms with Crippen LogP contribution in [0, 0.1) is 12.8 Å². The van der Waals surface area contributed by atoms with Crippen molar-refractivity contribution in [1.29, 1.82) is 0 Å². The molecule has 170 valence electrons. The maximum absolute atomic E-state index is 13.4. The SMILES string of the molecule is Cc1c(C(F)F)nn(CC2CCC(F)(F)CC2)c1C(=O)Nc1ccnc(S(C)(=O)=O)c1. The minimum atomic E-state index is -3.62. The van der Waals surface area contributed by atoms with E-state index in [4.69, 9.17) is 0 Å². The summed E-state index contributed by atoms with van der Waals surface area (Å²) in [6, 6.07) is 2.51. The van der Waals surface area contributed by atoms with E-state index in [0.717, 1.165) is 17.0 Å². The van der Waals surface area contributed by atoms with E-state index in [2.05, 4.69) is 15.4 Å². The summed E-state index contributed by atoms with van der Waals surface area (Å²) in [5, 5.41) is 6.10. The molecule has 0 radical (unpaired) electrons. The summed E-state index contributed by atoms with van der Waals surface area (Å²) < 4.78 is 78.1. The third kappa shape index (κ3) is 5.41. The predicted molar refractivity (Wildman–Crippen MR) is 104 cm³/mol. The lowest BCUT2D eigenvalue weighted by Crippen LogP contribution is -2.28. The van der Waals surface area contributed by atoms with Crippen LogP contribution in [-0.2, 0) is 16.4 Å². The first-order valence-corrected chi connectivity index (χ1v) is 11.5. The molecule has 1 saturated carbocycles. The molecule has 0 aromatic carbocycles. The summed E-state index contributed by atoms with van der Waals surface area (Å²) in [4.78, 5) is 16.6. The quantitative estimate of drug-likeness (QED) is 0.655.